The van der Waals surface area contributed by atoms with Crippen LogP contribution < -0.4 is 15.4 Å². The van der Waals surface area contributed by atoms with Crippen LogP contribution in [-0.4, -0.2) is 31.5 Å². The summed E-state index contributed by atoms with van der Waals surface area (Å²) in [4.78, 5) is 24.0. The molecule has 5 nitrogen and oxygen atoms in total. The van der Waals surface area contributed by atoms with E-state index in [9.17, 15) is 14.0 Å². The molecule has 2 N–H and O–H groups in total. The van der Waals surface area contributed by atoms with Crippen molar-refractivity contribution in [2.45, 2.75) is 6.42 Å². The van der Waals surface area contributed by atoms with E-state index < -0.39 is 0 Å². The van der Waals surface area contributed by atoms with Gasteiger partial charge in [-0.2, -0.15) is 0 Å². The molecule has 2 amide bonds. The van der Waals surface area contributed by atoms with E-state index in [1.807, 2.05) is 42.5 Å². The number of amides is 2. The molecule has 0 aliphatic rings. The summed E-state index contributed by atoms with van der Waals surface area (Å²) in [6.45, 7) is 0.441. The van der Waals surface area contributed by atoms with Gasteiger partial charge in [-0.1, -0.05) is 42.5 Å². The van der Waals surface area contributed by atoms with Gasteiger partial charge in [-0.05, 0) is 40.6 Å². The van der Waals surface area contributed by atoms with E-state index >= 15 is 0 Å². The van der Waals surface area contributed by atoms with Crippen LogP contribution in [0.15, 0.2) is 66.7 Å². The first-order valence-electron chi connectivity index (χ1n) is 9.00. The van der Waals surface area contributed by atoms with Crippen LogP contribution in [0.4, 0.5) is 4.39 Å². The lowest BCUT2D eigenvalue weighted by atomic mass is 10.0. The van der Waals surface area contributed by atoms with Crippen LogP contribution in [-0.2, 0) is 16.0 Å². The van der Waals surface area contributed by atoms with Crippen LogP contribution in [0.3, 0.4) is 0 Å². The van der Waals surface area contributed by atoms with Crippen LogP contribution >= 0.6 is 0 Å². The van der Waals surface area contributed by atoms with Crippen LogP contribution in [0.5, 0.6) is 5.75 Å². The van der Waals surface area contributed by atoms with Crippen molar-refractivity contribution >= 4 is 22.6 Å². The Morgan fingerprint density at radius 2 is 1.61 bits per heavy atom. The molecule has 28 heavy (non-hydrogen) atoms. The Hall–Kier alpha value is -3.41. The summed E-state index contributed by atoms with van der Waals surface area (Å²) in [7, 11) is 0. The molecule has 6 heteroatoms. The largest absolute Gasteiger partial charge is 0.492 e. The van der Waals surface area contributed by atoms with Crippen molar-refractivity contribution in [1.82, 2.24) is 10.6 Å². The zero-order chi connectivity index (χ0) is 19.8. The topological polar surface area (TPSA) is 67.4 Å². The lowest BCUT2D eigenvalue weighted by Gasteiger charge is -2.09. The van der Waals surface area contributed by atoms with Crippen molar-refractivity contribution in [2.75, 3.05) is 19.7 Å². The van der Waals surface area contributed by atoms with Gasteiger partial charge >= 0.3 is 0 Å². The number of rotatable bonds is 8. The molecule has 0 unspecified atom stereocenters. The van der Waals surface area contributed by atoms with Gasteiger partial charge in [0.15, 0.2) is 0 Å². The molecule has 3 rings (SSSR count). The van der Waals surface area contributed by atoms with E-state index in [1.54, 1.807) is 0 Å². The molecule has 3 aromatic carbocycles. The summed E-state index contributed by atoms with van der Waals surface area (Å²) >= 11 is 0. The van der Waals surface area contributed by atoms with Gasteiger partial charge in [0.1, 0.15) is 18.2 Å². The molecule has 0 heterocycles. The molecule has 144 valence electrons. The molecule has 0 bridgehead atoms. The standard InChI is InChI=1S/C22H21FN2O3/c23-18-8-10-19(11-9-18)28-13-12-24-22(27)15-25-21(26)14-17-6-3-5-16-4-1-2-7-20(16)17/h1-11H,12-15H2,(H,24,27)(H,25,26). The molecule has 3 aromatic rings. The molecule has 0 aliphatic heterocycles. The number of carbonyl (C=O) groups excluding carboxylic acids is 2. The van der Waals surface area contributed by atoms with E-state index in [0.717, 1.165) is 16.3 Å². The second kappa shape index (κ2) is 9.50. The van der Waals surface area contributed by atoms with E-state index in [2.05, 4.69) is 10.6 Å². The first kappa shape index (κ1) is 19.4. The van der Waals surface area contributed by atoms with Gasteiger partial charge in [-0.3, -0.25) is 9.59 Å². The van der Waals surface area contributed by atoms with Crippen molar-refractivity contribution in [3.8, 4) is 5.75 Å². The summed E-state index contributed by atoms with van der Waals surface area (Å²) in [5.41, 5.74) is 0.920. The van der Waals surface area contributed by atoms with Crippen molar-refractivity contribution < 1.29 is 18.7 Å². The van der Waals surface area contributed by atoms with Gasteiger partial charge in [0.05, 0.1) is 19.5 Å². The maximum Gasteiger partial charge on any atom is 0.239 e. The lowest BCUT2D eigenvalue weighted by molar-refractivity contribution is -0.125. The minimum absolute atomic E-state index is 0.0971. The predicted octanol–water partition coefficient (Wildman–Crippen LogP) is 2.83. The number of hydrogen-bond donors (Lipinski definition) is 2. The third kappa shape index (κ3) is 5.54. The molecule has 0 saturated heterocycles. The Morgan fingerprint density at radius 1 is 0.857 bits per heavy atom. The SMILES string of the molecule is O=C(CNC(=O)Cc1cccc2ccccc12)NCCOc1ccc(F)cc1. The summed E-state index contributed by atoms with van der Waals surface area (Å²) in [6, 6.07) is 19.3. The molecule has 0 atom stereocenters. The van der Waals surface area contributed by atoms with Gasteiger partial charge in [0.25, 0.3) is 0 Å². The third-order valence-corrected chi connectivity index (χ3v) is 4.18. The summed E-state index contributed by atoms with van der Waals surface area (Å²) in [5, 5.41) is 7.39. The average molecular weight is 380 g/mol. The Morgan fingerprint density at radius 3 is 2.43 bits per heavy atom. The Kier molecular flexibility index (Phi) is 6.57. The molecular weight excluding hydrogens is 359 g/mol. The fourth-order valence-electron chi connectivity index (χ4n) is 2.81. The van der Waals surface area contributed by atoms with E-state index in [0.29, 0.717) is 5.75 Å². The van der Waals surface area contributed by atoms with E-state index in [-0.39, 0.29) is 43.7 Å². The smallest absolute Gasteiger partial charge is 0.239 e. The second-order valence-electron chi connectivity index (χ2n) is 6.24. The third-order valence-electron chi connectivity index (χ3n) is 4.18. The summed E-state index contributed by atoms with van der Waals surface area (Å²) in [5.74, 6) is -0.318. The van der Waals surface area contributed by atoms with Gasteiger partial charge < -0.3 is 15.4 Å². The molecular formula is C22H21FN2O3. The van der Waals surface area contributed by atoms with Gasteiger partial charge in [0.2, 0.25) is 11.8 Å². The van der Waals surface area contributed by atoms with Gasteiger partial charge in [0, 0.05) is 0 Å². The molecule has 0 saturated carbocycles. The molecule has 0 aromatic heterocycles. The number of carbonyl (C=O) groups is 2. The first-order chi connectivity index (χ1) is 13.6. The fraction of sp³-hybridized carbons (Fsp3) is 0.182. The minimum Gasteiger partial charge on any atom is -0.492 e. The number of halogens is 1. The summed E-state index contributed by atoms with van der Waals surface area (Å²) < 4.78 is 18.2. The van der Waals surface area contributed by atoms with Crippen LogP contribution in [0, 0.1) is 5.82 Å². The quantitative estimate of drug-likeness (QED) is 0.591. The van der Waals surface area contributed by atoms with Crippen molar-refractivity contribution in [2.24, 2.45) is 0 Å². The molecule has 0 fully saturated rings. The monoisotopic (exact) mass is 380 g/mol. The Labute approximate surface area is 162 Å². The number of nitrogens with one attached hydrogen (secondary N) is 2. The van der Waals surface area contributed by atoms with Crippen molar-refractivity contribution in [1.29, 1.82) is 0 Å². The molecule has 0 spiro atoms. The zero-order valence-corrected chi connectivity index (χ0v) is 15.3. The highest BCUT2D eigenvalue weighted by Crippen LogP contribution is 2.18. The molecule has 0 aliphatic carbocycles. The van der Waals surface area contributed by atoms with E-state index in [4.69, 9.17) is 4.74 Å². The van der Waals surface area contributed by atoms with Gasteiger partial charge in [-0.15, -0.1) is 0 Å². The van der Waals surface area contributed by atoms with Crippen LogP contribution in [0.2, 0.25) is 0 Å². The fourth-order valence-corrected chi connectivity index (χ4v) is 2.81. The lowest BCUT2D eigenvalue weighted by Crippen LogP contribution is -2.39. The highest BCUT2D eigenvalue weighted by molar-refractivity contribution is 5.91. The number of ether oxygens (including phenoxy) is 1. The zero-order valence-electron chi connectivity index (χ0n) is 15.3. The van der Waals surface area contributed by atoms with E-state index in [1.165, 1.54) is 24.3 Å². The highest BCUT2D eigenvalue weighted by atomic mass is 19.1. The van der Waals surface area contributed by atoms with Crippen molar-refractivity contribution in [3.05, 3.63) is 78.1 Å². The van der Waals surface area contributed by atoms with Crippen molar-refractivity contribution in [3.63, 3.8) is 0 Å². The Balaban J connectivity index is 1.38. The number of benzene rings is 3. The van der Waals surface area contributed by atoms with Gasteiger partial charge in [-0.25, -0.2) is 4.39 Å². The number of hydrogen-bond acceptors (Lipinski definition) is 3. The maximum absolute atomic E-state index is 12.8. The van der Waals surface area contributed by atoms with Crippen LogP contribution in [0.25, 0.3) is 10.8 Å². The maximum atomic E-state index is 12.8. The second-order valence-corrected chi connectivity index (χ2v) is 6.24. The average Bonchev–Trinajstić information content (AvgIpc) is 2.71. The molecule has 0 radical (unpaired) electrons. The number of fused-ring (bicyclic) bond motifs is 1. The predicted molar refractivity (Wildman–Crippen MR) is 106 cm³/mol. The van der Waals surface area contributed by atoms with Crippen LogP contribution in [0.1, 0.15) is 5.56 Å². The first-order valence-corrected chi connectivity index (χ1v) is 9.00. The normalized spacial score (nSPS) is 10.5. The highest BCUT2D eigenvalue weighted by Gasteiger charge is 2.08. The Bertz CT molecular complexity index is 952. The summed E-state index contributed by atoms with van der Waals surface area (Å²) in [6.07, 6.45) is 0.211. The minimum atomic E-state index is -0.333.